The number of carbonyl (C=O) groups is 2. The van der Waals surface area contributed by atoms with Crippen molar-refractivity contribution in [2.75, 3.05) is 37.6 Å². The molecule has 0 radical (unpaired) electrons. The van der Waals surface area contributed by atoms with E-state index < -0.39 is 6.03 Å². The predicted octanol–water partition coefficient (Wildman–Crippen LogP) is 6.09. The van der Waals surface area contributed by atoms with Crippen molar-refractivity contribution in [3.8, 4) is 0 Å². The molecule has 3 aromatic carbocycles. The Labute approximate surface area is 227 Å². The predicted molar refractivity (Wildman–Crippen MR) is 154 cm³/mol. The molecule has 0 saturated carbocycles. The van der Waals surface area contributed by atoms with Crippen LogP contribution in [0, 0.1) is 0 Å². The first-order chi connectivity index (χ1) is 18.6. The highest BCUT2D eigenvalue weighted by Gasteiger charge is 2.30. The summed E-state index contributed by atoms with van der Waals surface area (Å²) in [5.41, 5.74) is 9.42. The highest BCUT2D eigenvalue weighted by atomic mass is 16.2. The van der Waals surface area contributed by atoms with Gasteiger partial charge in [0.2, 0.25) is 0 Å². The lowest BCUT2D eigenvalue weighted by atomic mass is 9.96. The largest absolute Gasteiger partial charge is 0.351 e. The second-order valence-corrected chi connectivity index (χ2v) is 9.97. The van der Waals surface area contributed by atoms with Gasteiger partial charge in [-0.25, -0.2) is 4.79 Å². The van der Waals surface area contributed by atoms with Crippen molar-refractivity contribution in [1.82, 2.24) is 9.80 Å². The minimum absolute atomic E-state index is 0.0477. The van der Waals surface area contributed by atoms with Crippen molar-refractivity contribution in [2.24, 2.45) is 5.73 Å². The molecule has 0 aliphatic carbocycles. The fraction of sp³-hybridized carbons (Fsp3) is 0.375. The molecule has 1 fully saturated rings. The summed E-state index contributed by atoms with van der Waals surface area (Å²) < 4.78 is 0. The quantitative estimate of drug-likeness (QED) is 0.316. The standard InChI is InChI=1S/C32H40N4O2/c1-2-3-4-5-14-21-36(32(33)38)29-20-13-12-19-28(29)31(37)35-24-22-34(23-25-35)30(26-15-8-6-9-16-26)27-17-10-7-11-18-27/h6-13,15-20,30H,2-5,14,21-25H2,1H3,(H2,33,38). The average Bonchev–Trinajstić information content (AvgIpc) is 2.96. The molecule has 1 saturated heterocycles. The molecule has 1 aliphatic rings. The first-order valence-electron chi connectivity index (χ1n) is 13.9. The molecule has 0 aromatic heterocycles. The van der Waals surface area contributed by atoms with Crippen LogP contribution in [0.3, 0.4) is 0 Å². The van der Waals surface area contributed by atoms with Gasteiger partial charge in [0, 0.05) is 32.7 Å². The number of nitrogens with zero attached hydrogens (tertiary/aromatic N) is 3. The third-order valence-electron chi connectivity index (χ3n) is 7.37. The van der Waals surface area contributed by atoms with Gasteiger partial charge in [0.1, 0.15) is 0 Å². The lowest BCUT2D eigenvalue weighted by molar-refractivity contribution is 0.0598. The molecule has 0 unspecified atom stereocenters. The van der Waals surface area contributed by atoms with Crippen molar-refractivity contribution in [3.05, 3.63) is 102 Å². The molecule has 6 nitrogen and oxygen atoms in total. The van der Waals surface area contributed by atoms with E-state index in [1.807, 2.05) is 41.3 Å². The maximum atomic E-state index is 13.7. The van der Waals surface area contributed by atoms with Gasteiger partial charge < -0.3 is 10.6 Å². The number of carbonyl (C=O) groups excluding carboxylic acids is 2. The van der Waals surface area contributed by atoms with Crippen LogP contribution in [-0.2, 0) is 0 Å². The molecule has 38 heavy (non-hydrogen) atoms. The summed E-state index contributed by atoms with van der Waals surface area (Å²) in [5, 5.41) is 0. The summed E-state index contributed by atoms with van der Waals surface area (Å²) in [5.74, 6) is -0.0477. The number of piperazine rings is 1. The Morgan fingerprint density at radius 3 is 1.89 bits per heavy atom. The molecular formula is C32H40N4O2. The molecule has 0 atom stereocenters. The van der Waals surface area contributed by atoms with E-state index in [4.69, 9.17) is 5.73 Å². The van der Waals surface area contributed by atoms with Crippen LogP contribution in [0.25, 0.3) is 0 Å². The van der Waals surface area contributed by atoms with E-state index in [0.29, 0.717) is 30.9 Å². The first-order valence-corrected chi connectivity index (χ1v) is 13.9. The van der Waals surface area contributed by atoms with Gasteiger partial charge in [0.15, 0.2) is 0 Å². The molecular weight excluding hydrogens is 472 g/mol. The average molecular weight is 513 g/mol. The van der Waals surface area contributed by atoms with Crippen LogP contribution < -0.4 is 10.6 Å². The lowest BCUT2D eigenvalue weighted by Gasteiger charge is -2.40. The summed E-state index contributed by atoms with van der Waals surface area (Å²) in [6.45, 7) is 5.47. The van der Waals surface area contributed by atoms with Crippen LogP contribution in [0.2, 0.25) is 0 Å². The van der Waals surface area contributed by atoms with Gasteiger partial charge in [-0.15, -0.1) is 0 Å². The third-order valence-corrected chi connectivity index (χ3v) is 7.37. The fourth-order valence-corrected chi connectivity index (χ4v) is 5.35. The molecule has 200 valence electrons. The second-order valence-electron chi connectivity index (χ2n) is 9.97. The number of unbranched alkanes of at least 4 members (excludes halogenated alkanes) is 4. The molecule has 6 heteroatoms. The summed E-state index contributed by atoms with van der Waals surface area (Å²) in [6.07, 6.45) is 5.40. The van der Waals surface area contributed by atoms with E-state index in [2.05, 4.69) is 60.4 Å². The Kier molecular flexibility index (Phi) is 9.93. The number of nitrogens with two attached hydrogens (primary N) is 1. The van der Waals surface area contributed by atoms with Crippen molar-refractivity contribution >= 4 is 17.6 Å². The minimum atomic E-state index is -0.515. The van der Waals surface area contributed by atoms with Crippen LogP contribution >= 0.6 is 0 Å². The molecule has 0 bridgehead atoms. The Morgan fingerprint density at radius 1 is 0.763 bits per heavy atom. The number of para-hydroxylation sites is 1. The minimum Gasteiger partial charge on any atom is -0.351 e. The van der Waals surface area contributed by atoms with Gasteiger partial charge in [-0.1, -0.05) is 105 Å². The van der Waals surface area contributed by atoms with Gasteiger partial charge in [-0.2, -0.15) is 0 Å². The molecule has 3 aromatic rings. The number of hydrogen-bond acceptors (Lipinski definition) is 3. The maximum absolute atomic E-state index is 13.7. The normalized spacial score (nSPS) is 14.0. The van der Waals surface area contributed by atoms with E-state index in [1.165, 1.54) is 24.0 Å². The number of primary amides is 1. The van der Waals surface area contributed by atoms with Gasteiger partial charge in [0.05, 0.1) is 17.3 Å². The SMILES string of the molecule is CCCCCCCN(C(N)=O)c1ccccc1C(=O)N1CCN(C(c2ccccc2)c2ccccc2)CC1. The number of hydrogen-bond donors (Lipinski definition) is 1. The summed E-state index contributed by atoms with van der Waals surface area (Å²) >= 11 is 0. The van der Waals surface area contributed by atoms with Crippen LogP contribution in [0.15, 0.2) is 84.9 Å². The number of urea groups is 1. The van der Waals surface area contributed by atoms with Crippen molar-refractivity contribution in [2.45, 2.75) is 45.1 Å². The smallest absolute Gasteiger partial charge is 0.319 e. The zero-order valence-electron chi connectivity index (χ0n) is 22.5. The third kappa shape index (κ3) is 6.81. The van der Waals surface area contributed by atoms with E-state index in [0.717, 1.165) is 32.4 Å². The Bertz CT molecular complexity index is 1120. The lowest BCUT2D eigenvalue weighted by Crippen LogP contribution is -2.50. The van der Waals surface area contributed by atoms with E-state index in [9.17, 15) is 9.59 Å². The van der Waals surface area contributed by atoms with Gasteiger partial charge in [0.25, 0.3) is 5.91 Å². The summed E-state index contributed by atoms with van der Waals surface area (Å²) in [6, 6.07) is 28.1. The maximum Gasteiger partial charge on any atom is 0.319 e. The molecule has 2 N–H and O–H groups in total. The second kappa shape index (κ2) is 13.8. The van der Waals surface area contributed by atoms with Crippen molar-refractivity contribution in [3.63, 3.8) is 0 Å². The number of benzene rings is 3. The number of anilines is 1. The molecule has 1 heterocycles. The summed E-state index contributed by atoms with van der Waals surface area (Å²) in [7, 11) is 0. The Hall–Kier alpha value is -3.64. The Balaban J connectivity index is 1.47. The van der Waals surface area contributed by atoms with Crippen LogP contribution in [-0.4, -0.2) is 54.5 Å². The molecule has 4 rings (SSSR count). The summed E-state index contributed by atoms with van der Waals surface area (Å²) in [4.78, 5) is 32.0. The monoisotopic (exact) mass is 512 g/mol. The zero-order valence-corrected chi connectivity index (χ0v) is 22.5. The first kappa shape index (κ1) is 27.4. The number of amides is 3. The van der Waals surface area contributed by atoms with Crippen LogP contribution in [0.1, 0.15) is 66.6 Å². The topological polar surface area (TPSA) is 69.9 Å². The number of rotatable bonds is 11. The molecule has 1 aliphatic heterocycles. The Morgan fingerprint density at radius 2 is 1.32 bits per heavy atom. The van der Waals surface area contributed by atoms with Gasteiger partial charge >= 0.3 is 6.03 Å². The van der Waals surface area contributed by atoms with Crippen LogP contribution in [0.5, 0.6) is 0 Å². The van der Waals surface area contributed by atoms with Crippen molar-refractivity contribution in [1.29, 1.82) is 0 Å². The molecule has 0 spiro atoms. The zero-order chi connectivity index (χ0) is 26.7. The molecule has 3 amide bonds. The van der Waals surface area contributed by atoms with E-state index in [-0.39, 0.29) is 11.9 Å². The van der Waals surface area contributed by atoms with Crippen molar-refractivity contribution < 1.29 is 9.59 Å². The highest BCUT2D eigenvalue weighted by Crippen LogP contribution is 2.30. The van der Waals surface area contributed by atoms with Gasteiger partial charge in [-0.05, 0) is 29.7 Å². The van der Waals surface area contributed by atoms with Gasteiger partial charge in [-0.3, -0.25) is 14.6 Å². The van der Waals surface area contributed by atoms with E-state index in [1.54, 1.807) is 4.90 Å². The fourth-order valence-electron chi connectivity index (χ4n) is 5.35. The van der Waals surface area contributed by atoms with E-state index >= 15 is 0 Å². The highest BCUT2D eigenvalue weighted by molar-refractivity contribution is 6.04. The van der Waals surface area contributed by atoms with Crippen LogP contribution in [0.4, 0.5) is 10.5 Å².